The summed E-state index contributed by atoms with van der Waals surface area (Å²) in [4.78, 5) is 2.17. The molecule has 0 amide bonds. The van der Waals surface area contributed by atoms with E-state index in [1.165, 1.54) is 6.07 Å². The molecule has 0 N–H and O–H groups in total. The number of halogens is 2. The molecule has 0 aromatic heterocycles. The van der Waals surface area contributed by atoms with Crippen LogP contribution in [-0.4, -0.2) is 32.1 Å². The number of rotatable bonds is 1. The Balaban J connectivity index is 1.72. The lowest BCUT2D eigenvalue weighted by molar-refractivity contribution is -0.169. The number of nitrogens with zero attached hydrogens (tertiary/aromatic N) is 1. The van der Waals surface area contributed by atoms with Gasteiger partial charge in [-0.05, 0) is 18.2 Å². The van der Waals surface area contributed by atoms with E-state index in [4.69, 9.17) is 9.47 Å². The van der Waals surface area contributed by atoms with Gasteiger partial charge in [0, 0.05) is 36.1 Å². The Bertz CT molecular complexity index is 418. The van der Waals surface area contributed by atoms with E-state index >= 15 is 0 Å². The van der Waals surface area contributed by atoms with Crippen LogP contribution in [0.2, 0.25) is 0 Å². The van der Waals surface area contributed by atoms with Crippen molar-refractivity contribution in [1.82, 2.24) is 0 Å². The molecule has 98 valence electrons. The molecule has 0 atom stereocenters. The highest BCUT2D eigenvalue weighted by Crippen LogP contribution is 2.34. The number of anilines is 1. The van der Waals surface area contributed by atoms with Gasteiger partial charge in [-0.2, -0.15) is 0 Å². The zero-order valence-electron chi connectivity index (χ0n) is 9.99. The Morgan fingerprint density at radius 3 is 2.39 bits per heavy atom. The van der Waals surface area contributed by atoms with Crippen molar-refractivity contribution >= 4 is 21.6 Å². The van der Waals surface area contributed by atoms with E-state index in [9.17, 15) is 4.39 Å². The Kier molecular flexibility index (Phi) is 3.30. The van der Waals surface area contributed by atoms with Crippen molar-refractivity contribution in [3.05, 3.63) is 28.5 Å². The second-order valence-corrected chi connectivity index (χ2v) is 5.64. The molecule has 0 bridgehead atoms. The van der Waals surface area contributed by atoms with Crippen LogP contribution in [0.25, 0.3) is 0 Å². The Morgan fingerprint density at radius 1 is 1.11 bits per heavy atom. The van der Waals surface area contributed by atoms with Gasteiger partial charge < -0.3 is 14.4 Å². The van der Waals surface area contributed by atoms with Crippen LogP contribution in [0.3, 0.4) is 0 Å². The average Bonchev–Trinajstić information content (AvgIpc) is 2.77. The van der Waals surface area contributed by atoms with Gasteiger partial charge in [-0.15, -0.1) is 0 Å². The Labute approximate surface area is 114 Å². The molecule has 2 aliphatic rings. The molecule has 0 radical (unpaired) electrons. The smallest absolute Gasteiger partial charge is 0.171 e. The summed E-state index contributed by atoms with van der Waals surface area (Å²) in [5.41, 5.74) is 0.912. The molecule has 2 fully saturated rings. The van der Waals surface area contributed by atoms with E-state index in [0.717, 1.165) is 36.1 Å². The highest BCUT2D eigenvalue weighted by Gasteiger charge is 2.39. The second-order valence-electron chi connectivity index (χ2n) is 4.72. The lowest BCUT2D eigenvalue weighted by Crippen LogP contribution is -2.45. The highest BCUT2D eigenvalue weighted by atomic mass is 79.9. The monoisotopic (exact) mass is 315 g/mol. The molecular weight excluding hydrogens is 301 g/mol. The van der Waals surface area contributed by atoms with Crippen molar-refractivity contribution in [1.29, 1.82) is 0 Å². The molecule has 2 saturated heterocycles. The lowest BCUT2D eigenvalue weighted by Gasteiger charge is -2.38. The van der Waals surface area contributed by atoms with E-state index in [-0.39, 0.29) is 11.6 Å². The minimum absolute atomic E-state index is 0.215. The number of benzene rings is 1. The van der Waals surface area contributed by atoms with Gasteiger partial charge >= 0.3 is 0 Å². The third kappa shape index (κ3) is 2.39. The Morgan fingerprint density at radius 2 is 1.78 bits per heavy atom. The van der Waals surface area contributed by atoms with Gasteiger partial charge in [-0.3, -0.25) is 0 Å². The van der Waals surface area contributed by atoms with E-state index in [2.05, 4.69) is 20.8 Å². The summed E-state index contributed by atoms with van der Waals surface area (Å²) in [5.74, 6) is -0.589. The zero-order chi connectivity index (χ0) is 12.6. The fourth-order valence-corrected chi connectivity index (χ4v) is 3.07. The third-order valence-electron chi connectivity index (χ3n) is 3.55. The maximum atomic E-state index is 13.4. The van der Waals surface area contributed by atoms with Crippen LogP contribution in [0.5, 0.6) is 0 Å². The SMILES string of the molecule is Fc1cc(Br)cc(N2CCC3(CC2)OCCO3)c1. The van der Waals surface area contributed by atoms with Gasteiger partial charge in [0.15, 0.2) is 5.79 Å². The average molecular weight is 316 g/mol. The molecule has 2 heterocycles. The van der Waals surface area contributed by atoms with Crippen molar-refractivity contribution in [2.75, 3.05) is 31.2 Å². The molecule has 1 spiro atoms. The first-order valence-electron chi connectivity index (χ1n) is 6.16. The van der Waals surface area contributed by atoms with Crippen LogP contribution in [0.15, 0.2) is 22.7 Å². The van der Waals surface area contributed by atoms with Gasteiger partial charge in [0.1, 0.15) is 5.82 Å². The molecule has 0 unspecified atom stereocenters. The van der Waals surface area contributed by atoms with Crippen LogP contribution in [-0.2, 0) is 9.47 Å². The van der Waals surface area contributed by atoms with Crippen LogP contribution in [0, 0.1) is 5.82 Å². The fourth-order valence-electron chi connectivity index (χ4n) is 2.61. The maximum absolute atomic E-state index is 13.4. The second kappa shape index (κ2) is 4.79. The topological polar surface area (TPSA) is 21.7 Å². The molecule has 0 aliphatic carbocycles. The van der Waals surface area contributed by atoms with E-state index in [1.54, 1.807) is 6.07 Å². The summed E-state index contributed by atoms with van der Waals surface area (Å²) in [6, 6.07) is 4.98. The summed E-state index contributed by atoms with van der Waals surface area (Å²) in [6.45, 7) is 3.03. The standard InChI is InChI=1S/C13H15BrFNO2/c14-10-7-11(15)9-12(8-10)16-3-1-13(2-4-16)17-5-6-18-13/h7-9H,1-6H2. The molecule has 2 aliphatic heterocycles. The molecule has 3 rings (SSSR count). The maximum Gasteiger partial charge on any atom is 0.171 e. The zero-order valence-corrected chi connectivity index (χ0v) is 11.6. The van der Waals surface area contributed by atoms with Gasteiger partial charge in [0.25, 0.3) is 0 Å². The highest BCUT2D eigenvalue weighted by molar-refractivity contribution is 9.10. The normalized spacial score (nSPS) is 22.7. The van der Waals surface area contributed by atoms with Crippen LogP contribution >= 0.6 is 15.9 Å². The molecule has 1 aromatic rings. The molecular formula is C13H15BrFNO2. The van der Waals surface area contributed by atoms with Crippen molar-refractivity contribution in [2.24, 2.45) is 0 Å². The summed E-state index contributed by atoms with van der Waals surface area (Å²) in [6.07, 6.45) is 1.67. The minimum Gasteiger partial charge on any atom is -0.371 e. The van der Waals surface area contributed by atoms with E-state index < -0.39 is 0 Å². The predicted molar refractivity (Wildman–Crippen MR) is 70.2 cm³/mol. The summed E-state index contributed by atoms with van der Waals surface area (Å²) in [5, 5.41) is 0. The Hall–Kier alpha value is -0.650. The quantitative estimate of drug-likeness (QED) is 0.795. The number of ether oxygens (including phenoxy) is 2. The lowest BCUT2D eigenvalue weighted by atomic mass is 10.0. The van der Waals surface area contributed by atoms with Crippen molar-refractivity contribution in [3.63, 3.8) is 0 Å². The first-order valence-corrected chi connectivity index (χ1v) is 6.95. The van der Waals surface area contributed by atoms with Crippen molar-refractivity contribution in [3.8, 4) is 0 Å². The molecule has 0 saturated carbocycles. The third-order valence-corrected chi connectivity index (χ3v) is 4.01. The summed E-state index contributed by atoms with van der Waals surface area (Å²) >= 11 is 3.32. The number of hydrogen-bond acceptors (Lipinski definition) is 3. The molecule has 5 heteroatoms. The molecule has 1 aromatic carbocycles. The molecule has 18 heavy (non-hydrogen) atoms. The van der Waals surface area contributed by atoms with Crippen LogP contribution in [0.4, 0.5) is 10.1 Å². The summed E-state index contributed by atoms with van der Waals surface area (Å²) < 4.78 is 25.5. The van der Waals surface area contributed by atoms with Crippen molar-refractivity contribution in [2.45, 2.75) is 18.6 Å². The van der Waals surface area contributed by atoms with Crippen LogP contribution in [0.1, 0.15) is 12.8 Å². The minimum atomic E-state index is -0.374. The van der Waals surface area contributed by atoms with Gasteiger partial charge in [-0.25, -0.2) is 4.39 Å². The van der Waals surface area contributed by atoms with Gasteiger partial charge in [-0.1, -0.05) is 15.9 Å². The predicted octanol–water partition coefficient (Wildman–Crippen LogP) is 2.93. The van der Waals surface area contributed by atoms with Crippen LogP contribution < -0.4 is 4.90 Å². The fraction of sp³-hybridized carbons (Fsp3) is 0.538. The summed E-state index contributed by atoms with van der Waals surface area (Å²) in [7, 11) is 0. The van der Waals surface area contributed by atoms with Gasteiger partial charge in [0.2, 0.25) is 0 Å². The first kappa shape index (κ1) is 12.4. The largest absolute Gasteiger partial charge is 0.371 e. The number of hydrogen-bond donors (Lipinski definition) is 0. The number of piperidine rings is 1. The van der Waals surface area contributed by atoms with E-state index in [1.807, 2.05) is 6.07 Å². The van der Waals surface area contributed by atoms with Gasteiger partial charge in [0.05, 0.1) is 13.2 Å². The van der Waals surface area contributed by atoms with Crippen molar-refractivity contribution < 1.29 is 13.9 Å². The first-order chi connectivity index (χ1) is 8.67. The van der Waals surface area contributed by atoms with E-state index in [0.29, 0.717) is 13.2 Å². The molecule has 3 nitrogen and oxygen atoms in total.